The van der Waals surface area contributed by atoms with E-state index >= 15 is 0 Å². The van der Waals surface area contributed by atoms with Crippen LogP contribution in [-0.2, 0) is 9.84 Å². The minimum atomic E-state index is -3.58. The minimum Gasteiger partial charge on any atom is -0.309 e. The number of benzene rings is 8. The molecule has 0 saturated heterocycles. The molecule has 3 heterocycles. The molecule has 10 aromatic rings. The molecule has 2 aromatic heterocycles. The quantitative estimate of drug-likeness (QED) is 0.169. The lowest BCUT2D eigenvalue weighted by atomic mass is 9.99. The third-order valence-electron chi connectivity index (χ3n) is 11.2. The first-order valence-electron chi connectivity index (χ1n) is 19.2. The summed E-state index contributed by atoms with van der Waals surface area (Å²) in [6.07, 6.45) is 0. The van der Waals surface area contributed by atoms with E-state index in [0.29, 0.717) is 15.6 Å². The van der Waals surface area contributed by atoms with Crippen molar-refractivity contribution in [3.05, 3.63) is 200 Å². The third-order valence-corrected chi connectivity index (χ3v) is 13.1. The van der Waals surface area contributed by atoms with Crippen molar-refractivity contribution in [1.29, 1.82) is 0 Å². The van der Waals surface area contributed by atoms with E-state index < -0.39 is 9.84 Å². The molecule has 0 bridgehead atoms. The van der Waals surface area contributed by atoms with Crippen LogP contribution in [-0.4, -0.2) is 23.0 Å². The van der Waals surface area contributed by atoms with Crippen molar-refractivity contribution < 1.29 is 8.42 Å². The second-order valence-electron chi connectivity index (χ2n) is 14.6. The van der Waals surface area contributed by atoms with Crippen molar-refractivity contribution >= 4 is 31.6 Å². The number of nitrogens with zero attached hydrogens (tertiary/aromatic N) is 3. The lowest BCUT2D eigenvalue weighted by Crippen LogP contribution is -1.97. The predicted octanol–water partition coefficient (Wildman–Crippen LogP) is 12.7. The van der Waals surface area contributed by atoms with Crippen molar-refractivity contribution in [2.75, 3.05) is 0 Å². The van der Waals surface area contributed by atoms with E-state index in [4.69, 9.17) is 9.97 Å². The lowest BCUT2D eigenvalue weighted by molar-refractivity contribution is 0.598. The van der Waals surface area contributed by atoms with Crippen LogP contribution in [0.5, 0.6) is 0 Å². The van der Waals surface area contributed by atoms with Gasteiger partial charge in [0.05, 0.1) is 32.2 Å². The molecule has 11 rings (SSSR count). The van der Waals surface area contributed by atoms with Crippen LogP contribution in [0.2, 0.25) is 0 Å². The predicted molar refractivity (Wildman–Crippen MR) is 234 cm³/mol. The lowest BCUT2D eigenvalue weighted by Gasteiger charge is -2.13. The van der Waals surface area contributed by atoms with Gasteiger partial charge in [0, 0.05) is 49.8 Å². The van der Waals surface area contributed by atoms with Crippen LogP contribution in [0.3, 0.4) is 0 Å². The molecule has 0 atom stereocenters. The zero-order valence-corrected chi connectivity index (χ0v) is 31.9. The Morgan fingerprint density at radius 3 is 1.66 bits per heavy atom. The average Bonchev–Trinajstić information content (AvgIpc) is 3.75. The second kappa shape index (κ2) is 13.4. The van der Waals surface area contributed by atoms with Gasteiger partial charge in [-0.25, -0.2) is 18.4 Å². The normalized spacial score (nSPS) is 12.8. The Kier molecular flexibility index (Phi) is 7.81. The highest BCUT2D eigenvalue weighted by atomic mass is 32.2. The Bertz CT molecular complexity index is 3260. The van der Waals surface area contributed by atoms with Gasteiger partial charge in [-0.15, -0.1) is 0 Å². The molecule has 8 aromatic carbocycles. The highest BCUT2D eigenvalue weighted by Crippen LogP contribution is 2.45. The first kappa shape index (κ1) is 33.9. The van der Waals surface area contributed by atoms with Gasteiger partial charge in [0.25, 0.3) is 0 Å². The fourth-order valence-corrected chi connectivity index (χ4v) is 10.1. The molecule has 6 heteroatoms. The van der Waals surface area contributed by atoms with E-state index in [9.17, 15) is 8.42 Å². The molecular formula is C52H33N3O2S. The Morgan fingerprint density at radius 1 is 0.379 bits per heavy atom. The average molecular weight is 764 g/mol. The van der Waals surface area contributed by atoms with Crippen molar-refractivity contribution in [1.82, 2.24) is 14.5 Å². The highest BCUT2D eigenvalue weighted by molar-refractivity contribution is 7.92. The van der Waals surface area contributed by atoms with Gasteiger partial charge in [0.15, 0.2) is 5.82 Å². The van der Waals surface area contributed by atoms with E-state index in [2.05, 4.69) is 126 Å². The summed E-state index contributed by atoms with van der Waals surface area (Å²) in [6, 6.07) is 67.5. The summed E-state index contributed by atoms with van der Waals surface area (Å²) in [7, 11) is -3.58. The summed E-state index contributed by atoms with van der Waals surface area (Å²) >= 11 is 0. The van der Waals surface area contributed by atoms with Crippen LogP contribution in [0.4, 0.5) is 0 Å². The van der Waals surface area contributed by atoms with Crippen LogP contribution in [0.15, 0.2) is 210 Å². The standard InChI is InChI=1S/C52H33N3O2S/c56-58(57)49-21-10-8-17-43(49)44-31-28-39(32-50(44)58)34-26-29-40(30-27-34)55-48-20-9-7-16-42(48)45-19-11-18-41(51(45)55)35-22-24-38(25-23-35)52-53-46(36-12-3-1-4-13-36)33-47(54-52)37-14-5-2-6-15-37/h1-33H. The molecule has 0 aliphatic carbocycles. The van der Waals surface area contributed by atoms with Crippen LogP contribution < -0.4 is 0 Å². The van der Waals surface area contributed by atoms with Gasteiger partial charge in [0.2, 0.25) is 9.84 Å². The molecule has 5 nitrogen and oxygen atoms in total. The molecule has 1 aliphatic rings. The largest absolute Gasteiger partial charge is 0.309 e. The van der Waals surface area contributed by atoms with Gasteiger partial charge in [-0.3, -0.25) is 0 Å². The molecule has 1 aliphatic heterocycles. The Hall–Kier alpha value is -7.41. The number of hydrogen-bond donors (Lipinski definition) is 0. The Balaban J connectivity index is 0.995. The summed E-state index contributed by atoms with van der Waals surface area (Å²) in [5.74, 6) is 0.671. The number of sulfone groups is 1. The van der Waals surface area contributed by atoms with E-state index in [-0.39, 0.29) is 0 Å². The zero-order valence-electron chi connectivity index (χ0n) is 31.1. The van der Waals surface area contributed by atoms with Crippen molar-refractivity contribution in [3.63, 3.8) is 0 Å². The van der Waals surface area contributed by atoms with Crippen LogP contribution in [0, 0.1) is 0 Å². The van der Waals surface area contributed by atoms with Crippen molar-refractivity contribution in [3.8, 4) is 73.0 Å². The molecular weight excluding hydrogens is 731 g/mol. The summed E-state index contributed by atoms with van der Waals surface area (Å²) in [5.41, 5.74) is 13.5. The van der Waals surface area contributed by atoms with Gasteiger partial charge < -0.3 is 4.57 Å². The molecule has 58 heavy (non-hydrogen) atoms. The Labute approximate surface area is 336 Å². The van der Waals surface area contributed by atoms with Crippen LogP contribution in [0.25, 0.3) is 94.8 Å². The number of fused-ring (bicyclic) bond motifs is 6. The SMILES string of the molecule is O=S1(=O)c2ccccc2-c2ccc(-c3ccc(-n4c5ccccc5c5cccc(-c6ccc(-c7nc(-c8ccccc8)cc(-c8ccccc8)n7)cc6)c54)cc3)cc21. The maximum atomic E-state index is 13.5. The smallest absolute Gasteiger partial charge is 0.207 e. The summed E-state index contributed by atoms with van der Waals surface area (Å²) in [6.45, 7) is 0. The van der Waals surface area contributed by atoms with Gasteiger partial charge in [-0.05, 0) is 53.1 Å². The third kappa shape index (κ3) is 5.49. The molecule has 0 amide bonds. The van der Waals surface area contributed by atoms with Crippen LogP contribution in [0.1, 0.15) is 0 Å². The Morgan fingerprint density at radius 2 is 0.931 bits per heavy atom. The number of rotatable bonds is 6. The van der Waals surface area contributed by atoms with E-state index in [1.807, 2.05) is 66.7 Å². The summed E-state index contributed by atoms with van der Waals surface area (Å²) in [4.78, 5) is 10.8. The molecule has 0 unspecified atom stereocenters. The monoisotopic (exact) mass is 763 g/mol. The van der Waals surface area contributed by atoms with Crippen LogP contribution >= 0.6 is 0 Å². The second-order valence-corrected chi connectivity index (χ2v) is 16.5. The molecule has 0 radical (unpaired) electrons. The summed E-state index contributed by atoms with van der Waals surface area (Å²) < 4.78 is 29.3. The summed E-state index contributed by atoms with van der Waals surface area (Å²) in [5, 5.41) is 2.33. The molecule has 0 spiro atoms. The highest BCUT2D eigenvalue weighted by Gasteiger charge is 2.32. The van der Waals surface area contributed by atoms with Crippen molar-refractivity contribution in [2.24, 2.45) is 0 Å². The molecule has 0 fully saturated rings. The number of aromatic nitrogens is 3. The maximum absolute atomic E-state index is 13.5. The fraction of sp³-hybridized carbons (Fsp3) is 0. The molecule has 274 valence electrons. The molecule has 0 N–H and O–H groups in total. The first-order valence-corrected chi connectivity index (χ1v) is 20.7. The van der Waals surface area contributed by atoms with Crippen molar-refractivity contribution in [2.45, 2.75) is 9.79 Å². The van der Waals surface area contributed by atoms with E-state index in [0.717, 1.165) is 83.6 Å². The van der Waals surface area contributed by atoms with Gasteiger partial charge in [-0.1, -0.05) is 164 Å². The van der Waals surface area contributed by atoms with Gasteiger partial charge >= 0.3 is 0 Å². The van der Waals surface area contributed by atoms with Gasteiger partial charge in [0.1, 0.15) is 0 Å². The number of para-hydroxylation sites is 2. The zero-order chi connectivity index (χ0) is 38.8. The van der Waals surface area contributed by atoms with E-state index in [1.165, 1.54) is 5.39 Å². The van der Waals surface area contributed by atoms with Gasteiger partial charge in [-0.2, -0.15) is 0 Å². The molecule has 0 saturated carbocycles. The fourth-order valence-electron chi connectivity index (χ4n) is 8.40. The topological polar surface area (TPSA) is 64.8 Å². The number of hydrogen-bond acceptors (Lipinski definition) is 4. The minimum absolute atomic E-state index is 0.362. The first-order chi connectivity index (χ1) is 28.5. The van der Waals surface area contributed by atoms with E-state index in [1.54, 1.807) is 12.1 Å². The maximum Gasteiger partial charge on any atom is 0.207 e.